The number of sulfonamides is 1. The number of primary amides is 1. The van der Waals surface area contributed by atoms with Crippen molar-refractivity contribution < 1.29 is 22.7 Å². The number of ether oxygens (including phenoxy) is 1. The summed E-state index contributed by atoms with van der Waals surface area (Å²) in [6.45, 7) is 2.21. The molecule has 3 heterocycles. The minimum Gasteiger partial charge on any atom is -0.480 e. The number of nitrogens with one attached hydrogen (secondary N) is 2. The number of carbonyl (C=O) groups excluding carboxylic acids is 2. The number of rotatable bonds is 6. The topological polar surface area (TPSA) is 157 Å². The number of methoxy groups -OCH3 is 1. The third-order valence-corrected chi connectivity index (χ3v) is 6.17. The van der Waals surface area contributed by atoms with E-state index in [9.17, 15) is 18.0 Å². The fourth-order valence-electron chi connectivity index (χ4n) is 3.20. The number of anilines is 2. The Balaban J connectivity index is 1.85. The molecule has 3 amide bonds. The zero-order valence-electron chi connectivity index (χ0n) is 16.6. The van der Waals surface area contributed by atoms with Crippen molar-refractivity contribution in [2.75, 3.05) is 29.9 Å². The maximum atomic E-state index is 12.5. The minimum atomic E-state index is -3.53. The van der Waals surface area contributed by atoms with E-state index in [1.165, 1.54) is 29.5 Å². The highest BCUT2D eigenvalue weighted by molar-refractivity contribution is 7.92. The number of urea groups is 1. The summed E-state index contributed by atoms with van der Waals surface area (Å²) < 4.78 is 30.7. The van der Waals surface area contributed by atoms with E-state index in [0.29, 0.717) is 40.7 Å². The van der Waals surface area contributed by atoms with Gasteiger partial charge in [-0.2, -0.15) is 0 Å². The summed E-state index contributed by atoms with van der Waals surface area (Å²) >= 11 is 1.21. The number of pyridine rings is 1. The summed E-state index contributed by atoms with van der Waals surface area (Å²) in [6, 6.07) is 0.521. The fraction of sp³-hybridized carbons (Fsp3) is 0.412. The number of hydrogen-bond acceptors (Lipinski definition) is 8. The number of nitrogens with zero attached hydrogens (tertiary/aromatic N) is 3. The standard InChI is InChI=1S/C17H22N6O5S2/c1-9-13(10-7-11(22-30(3,26)27)15(28-2)19-8-10)29-16(20-9)21-17(25)23-6-4-5-12(23)14(18)24/h7-8,12,22H,4-6H2,1-3H3,(H2,18,24)(H,20,21,25)/t12-/m0/s1. The van der Waals surface area contributed by atoms with Crippen LogP contribution in [0.4, 0.5) is 15.6 Å². The normalized spacial score (nSPS) is 16.4. The summed E-state index contributed by atoms with van der Waals surface area (Å²) in [4.78, 5) is 34.7. The molecule has 0 unspecified atom stereocenters. The number of aromatic nitrogens is 2. The van der Waals surface area contributed by atoms with Gasteiger partial charge in [-0.1, -0.05) is 11.3 Å². The van der Waals surface area contributed by atoms with Gasteiger partial charge in [-0.15, -0.1) is 0 Å². The number of thiazole rings is 1. The van der Waals surface area contributed by atoms with Gasteiger partial charge in [0.2, 0.25) is 21.8 Å². The van der Waals surface area contributed by atoms with Crippen LogP contribution in [0.1, 0.15) is 18.5 Å². The maximum Gasteiger partial charge on any atom is 0.324 e. The molecular weight excluding hydrogens is 432 g/mol. The molecule has 1 fully saturated rings. The molecule has 162 valence electrons. The van der Waals surface area contributed by atoms with Gasteiger partial charge in [-0.05, 0) is 25.8 Å². The summed E-state index contributed by atoms with van der Waals surface area (Å²) in [5.74, 6) is -0.403. The second kappa shape index (κ2) is 8.44. The van der Waals surface area contributed by atoms with Gasteiger partial charge in [0.15, 0.2) is 5.13 Å². The van der Waals surface area contributed by atoms with Crippen LogP contribution in [0.5, 0.6) is 5.88 Å². The van der Waals surface area contributed by atoms with Gasteiger partial charge in [-0.3, -0.25) is 14.8 Å². The second-order valence-electron chi connectivity index (χ2n) is 6.77. The minimum absolute atomic E-state index is 0.131. The number of carbonyl (C=O) groups is 2. The average molecular weight is 455 g/mol. The van der Waals surface area contributed by atoms with Crippen molar-refractivity contribution in [3.63, 3.8) is 0 Å². The van der Waals surface area contributed by atoms with E-state index < -0.39 is 28.0 Å². The van der Waals surface area contributed by atoms with E-state index in [1.54, 1.807) is 13.0 Å². The third-order valence-electron chi connectivity index (χ3n) is 4.45. The van der Waals surface area contributed by atoms with Gasteiger partial charge >= 0.3 is 6.03 Å². The van der Waals surface area contributed by atoms with Crippen molar-refractivity contribution >= 4 is 44.1 Å². The summed E-state index contributed by atoms with van der Waals surface area (Å²) in [7, 11) is -2.15. The van der Waals surface area contributed by atoms with E-state index in [4.69, 9.17) is 10.5 Å². The van der Waals surface area contributed by atoms with E-state index in [-0.39, 0.29) is 11.6 Å². The van der Waals surface area contributed by atoms with Crippen LogP contribution in [0.3, 0.4) is 0 Å². The van der Waals surface area contributed by atoms with Gasteiger partial charge in [-0.25, -0.2) is 23.2 Å². The van der Waals surface area contributed by atoms with Gasteiger partial charge in [0.05, 0.1) is 23.9 Å². The monoisotopic (exact) mass is 454 g/mol. The molecule has 2 aromatic heterocycles. The highest BCUT2D eigenvalue weighted by atomic mass is 32.2. The molecule has 0 saturated carbocycles. The van der Waals surface area contributed by atoms with Gasteiger partial charge in [0.1, 0.15) is 11.7 Å². The Morgan fingerprint density at radius 2 is 2.13 bits per heavy atom. The predicted octanol–water partition coefficient (Wildman–Crippen LogP) is 1.38. The quantitative estimate of drug-likeness (QED) is 0.595. The lowest BCUT2D eigenvalue weighted by molar-refractivity contribution is -0.121. The zero-order valence-corrected chi connectivity index (χ0v) is 18.3. The first-order valence-corrected chi connectivity index (χ1v) is 11.7. The molecule has 4 N–H and O–H groups in total. The van der Waals surface area contributed by atoms with Crippen LogP contribution >= 0.6 is 11.3 Å². The van der Waals surface area contributed by atoms with Crippen molar-refractivity contribution in [3.05, 3.63) is 18.0 Å². The Labute approximate surface area is 177 Å². The number of amides is 3. The Kier molecular flexibility index (Phi) is 6.12. The molecule has 3 rings (SSSR count). The third kappa shape index (κ3) is 4.79. The number of nitrogens with two attached hydrogens (primary N) is 1. The van der Waals surface area contributed by atoms with Crippen LogP contribution in [0, 0.1) is 6.92 Å². The Morgan fingerprint density at radius 1 is 1.40 bits per heavy atom. The SMILES string of the molecule is COc1ncc(-c2sc(NC(=O)N3CCC[C@H]3C(N)=O)nc2C)cc1NS(C)(=O)=O. The van der Waals surface area contributed by atoms with Gasteiger partial charge < -0.3 is 15.4 Å². The molecule has 1 aliphatic heterocycles. The van der Waals surface area contributed by atoms with Crippen molar-refractivity contribution in [2.24, 2.45) is 5.73 Å². The Morgan fingerprint density at radius 3 is 2.77 bits per heavy atom. The van der Waals surface area contributed by atoms with Crippen LogP contribution in [0.15, 0.2) is 12.3 Å². The Bertz CT molecular complexity index is 1080. The van der Waals surface area contributed by atoms with E-state index in [1.807, 2.05) is 0 Å². The highest BCUT2D eigenvalue weighted by Gasteiger charge is 2.33. The Hall–Kier alpha value is -2.93. The predicted molar refractivity (Wildman–Crippen MR) is 113 cm³/mol. The van der Waals surface area contributed by atoms with Crippen LogP contribution in [0.25, 0.3) is 10.4 Å². The smallest absolute Gasteiger partial charge is 0.324 e. The van der Waals surface area contributed by atoms with Crippen molar-refractivity contribution in [2.45, 2.75) is 25.8 Å². The first kappa shape index (κ1) is 21.8. The van der Waals surface area contributed by atoms with Gasteiger partial charge in [0, 0.05) is 18.3 Å². The molecule has 0 aliphatic carbocycles. The second-order valence-corrected chi connectivity index (χ2v) is 9.52. The molecule has 0 aromatic carbocycles. The van der Waals surface area contributed by atoms with Crippen molar-refractivity contribution in [1.82, 2.24) is 14.9 Å². The molecule has 0 radical (unpaired) electrons. The van der Waals surface area contributed by atoms with Crippen LogP contribution in [0.2, 0.25) is 0 Å². The lowest BCUT2D eigenvalue weighted by Crippen LogP contribution is -2.45. The largest absolute Gasteiger partial charge is 0.480 e. The molecule has 11 nitrogen and oxygen atoms in total. The van der Waals surface area contributed by atoms with Crippen LogP contribution in [-0.2, 0) is 14.8 Å². The van der Waals surface area contributed by atoms with E-state index in [2.05, 4.69) is 20.0 Å². The fourth-order valence-corrected chi connectivity index (χ4v) is 4.68. The first-order valence-electron chi connectivity index (χ1n) is 8.95. The summed E-state index contributed by atoms with van der Waals surface area (Å²) in [6.07, 6.45) is 3.81. The first-order chi connectivity index (χ1) is 14.1. The molecule has 0 bridgehead atoms. The zero-order chi connectivity index (χ0) is 22.1. The van der Waals surface area contributed by atoms with Crippen molar-refractivity contribution in [3.8, 4) is 16.3 Å². The average Bonchev–Trinajstić information content (AvgIpc) is 3.27. The highest BCUT2D eigenvalue weighted by Crippen LogP contribution is 2.36. The number of aryl methyl sites for hydroxylation is 1. The number of likely N-dealkylation sites (tertiary alicyclic amines) is 1. The van der Waals surface area contributed by atoms with Crippen LogP contribution < -0.4 is 20.5 Å². The summed E-state index contributed by atoms with van der Waals surface area (Å²) in [5, 5.41) is 3.05. The molecule has 1 saturated heterocycles. The number of hydrogen-bond donors (Lipinski definition) is 3. The molecule has 1 atom stereocenters. The van der Waals surface area contributed by atoms with Gasteiger partial charge in [0.25, 0.3) is 0 Å². The lowest BCUT2D eigenvalue weighted by Gasteiger charge is -2.21. The molecule has 2 aromatic rings. The van der Waals surface area contributed by atoms with E-state index >= 15 is 0 Å². The summed E-state index contributed by atoms with van der Waals surface area (Å²) in [5.41, 5.74) is 6.79. The van der Waals surface area contributed by atoms with Crippen molar-refractivity contribution in [1.29, 1.82) is 0 Å². The maximum absolute atomic E-state index is 12.5. The molecular formula is C17H22N6O5S2. The molecule has 13 heteroatoms. The molecule has 1 aliphatic rings. The lowest BCUT2D eigenvalue weighted by atomic mass is 10.2. The van der Waals surface area contributed by atoms with Crippen LogP contribution in [-0.4, -0.2) is 61.2 Å². The van der Waals surface area contributed by atoms with E-state index in [0.717, 1.165) is 6.26 Å². The molecule has 30 heavy (non-hydrogen) atoms. The molecule has 0 spiro atoms.